The number of carbonyl (C=O) groups is 1. The smallest absolute Gasteiger partial charge is 0.346 e. The van der Waals surface area contributed by atoms with Crippen LogP contribution in [0.5, 0.6) is 0 Å². The van der Waals surface area contributed by atoms with Crippen molar-refractivity contribution in [1.29, 1.82) is 0 Å². The molecule has 0 spiro atoms. The van der Waals surface area contributed by atoms with Gasteiger partial charge in [-0.3, -0.25) is 4.84 Å². The van der Waals surface area contributed by atoms with Crippen LogP contribution < -0.4 is 5.48 Å². The number of ether oxygens (including phenoxy) is 1. The van der Waals surface area contributed by atoms with Gasteiger partial charge < -0.3 is 9.84 Å². The van der Waals surface area contributed by atoms with Gasteiger partial charge in [0, 0.05) is 23.9 Å². The van der Waals surface area contributed by atoms with Crippen LogP contribution in [0, 0.1) is 0 Å². The second kappa shape index (κ2) is 6.63. The molecule has 5 nitrogen and oxygen atoms in total. The number of fused-ring (bicyclic) bond motifs is 1. The molecular weight excluding hydrogens is 266 g/mol. The summed E-state index contributed by atoms with van der Waals surface area (Å²) in [5.41, 5.74) is 3.53. The molecule has 6 heteroatoms. The lowest BCUT2D eigenvalue weighted by atomic mass is 10.1. The zero-order valence-electron chi connectivity index (χ0n) is 10.5. The molecule has 19 heavy (non-hydrogen) atoms. The molecule has 0 aliphatic carbocycles. The zero-order chi connectivity index (χ0) is 13.7. The van der Waals surface area contributed by atoms with Crippen molar-refractivity contribution in [1.82, 2.24) is 5.48 Å². The van der Waals surface area contributed by atoms with E-state index in [1.165, 1.54) is 11.3 Å². The Morgan fingerprint density at radius 3 is 2.89 bits per heavy atom. The molecule has 0 unspecified atom stereocenters. The van der Waals surface area contributed by atoms with Gasteiger partial charge in [0.05, 0.1) is 13.2 Å². The molecule has 0 aliphatic rings. The van der Waals surface area contributed by atoms with E-state index in [2.05, 4.69) is 5.48 Å². The minimum absolute atomic E-state index is 0.351. The van der Waals surface area contributed by atoms with E-state index in [-0.39, 0.29) is 0 Å². The average molecular weight is 281 g/mol. The highest BCUT2D eigenvalue weighted by atomic mass is 32.1. The Balaban J connectivity index is 2.15. The summed E-state index contributed by atoms with van der Waals surface area (Å²) in [4.78, 5) is 16.8. The van der Waals surface area contributed by atoms with Gasteiger partial charge in [-0.1, -0.05) is 18.2 Å². The first kappa shape index (κ1) is 14.0. The number of carboxylic acid groups (broad SMARTS) is 1. The summed E-state index contributed by atoms with van der Waals surface area (Å²) in [6.07, 6.45) is 0. The molecule has 2 rings (SSSR count). The molecule has 0 atom stereocenters. The highest BCUT2D eigenvalue weighted by molar-refractivity contribution is 7.21. The molecule has 1 aromatic heterocycles. The molecular formula is C13H15NO4S. The van der Waals surface area contributed by atoms with Crippen LogP contribution in [0.25, 0.3) is 10.1 Å². The van der Waals surface area contributed by atoms with Gasteiger partial charge in [-0.25, -0.2) is 4.79 Å². The third-order valence-corrected chi connectivity index (χ3v) is 3.83. The van der Waals surface area contributed by atoms with Gasteiger partial charge in [0.2, 0.25) is 0 Å². The number of benzene rings is 1. The van der Waals surface area contributed by atoms with Crippen LogP contribution >= 0.6 is 11.3 Å². The fourth-order valence-corrected chi connectivity index (χ4v) is 2.83. The summed E-state index contributed by atoms with van der Waals surface area (Å²) in [6, 6.07) is 7.64. The maximum absolute atomic E-state index is 11.2. The lowest BCUT2D eigenvalue weighted by Gasteiger charge is -2.05. The van der Waals surface area contributed by atoms with Gasteiger partial charge in [-0.15, -0.1) is 11.3 Å². The van der Waals surface area contributed by atoms with Crippen molar-refractivity contribution in [2.45, 2.75) is 6.54 Å². The lowest BCUT2D eigenvalue weighted by molar-refractivity contribution is 0.00354. The minimum atomic E-state index is -0.908. The Morgan fingerprint density at radius 1 is 1.37 bits per heavy atom. The molecule has 0 bridgehead atoms. The van der Waals surface area contributed by atoms with E-state index < -0.39 is 5.97 Å². The van der Waals surface area contributed by atoms with Gasteiger partial charge in [0.1, 0.15) is 4.88 Å². The number of hydrogen-bond acceptors (Lipinski definition) is 5. The fraction of sp³-hybridized carbons (Fsp3) is 0.308. The van der Waals surface area contributed by atoms with Gasteiger partial charge in [-0.05, 0) is 11.5 Å². The first-order valence-electron chi connectivity index (χ1n) is 5.81. The summed E-state index contributed by atoms with van der Waals surface area (Å²) >= 11 is 1.28. The van der Waals surface area contributed by atoms with Gasteiger partial charge in [0.15, 0.2) is 0 Å². The first-order chi connectivity index (χ1) is 9.24. The predicted octanol–water partition coefficient (Wildman–Crippen LogP) is 2.27. The van der Waals surface area contributed by atoms with Crippen molar-refractivity contribution in [3.8, 4) is 0 Å². The first-order valence-corrected chi connectivity index (χ1v) is 6.63. The van der Waals surface area contributed by atoms with Crippen molar-refractivity contribution in [3.05, 3.63) is 34.7 Å². The molecule has 0 amide bonds. The molecule has 0 saturated carbocycles. The molecule has 1 aromatic carbocycles. The summed E-state index contributed by atoms with van der Waals surface area (Å²) in [5.74, 6) is -0.908. The topological polar surface area (TPSA) is 67.8 Å². The monoisotopic (exact) mass is 281 g/mol. The Labute approximate surface area is 114 Å². The van der Waals surface area contributed by atoms with Crippen LogP contribution in [-0.4, -0.2) is 31.4 Å². The van der Waals surface area contributed by atoms with Crippen LogP contribution in [0.2, 0.25) is 0 Å². The summed E-state index contributed by atoms with van der Waals surface area (Å²) in [5, 5.41) is 10.2. The van der Waals surface area contributed by atoms with Crippen LogP contribution in [-0.2, 0) is 16.1 Å². The van der Waals surface area contributed by atoms with E-state index in [1.54, 1.807) is 7.11 Å². The average Bonchev–Trinajstić information content (AvgIpc) is 2.78. The van der Waals surface area contributed by atoms with Crippen molar-refractivity contribution in [2.24, 2.45) is 0 Å². The molecule has 0 radical (unpaired) electrons. The summed E-state index contributed by atoms with van der Waals surface area (Å²) in [6.45, 7) is 1.26. The number of nitrogens with one attached hydrogen (secondary N) is 1. The van der Waals surface area contributed by atoms with Gasteiger partial charge in [0.25, 0.3) is 0 Å². The normalized spacial score (nSPS) is 11.0. The Bertz CT molecular complexity index is 567. The number of carboxylic acids is 1. The number of aromatic carboxylic acids is 1. The maximum Gasteiger partial charge on any atom is 0.346 e. The minimum Gasteiger partial charge on any atom is -0.477 e. The third-order valence-electron chi connectivity index (χ3n) is 2.63. The Morgan fingerprint density at radius 2 is 2.16 bits per heavy atom. The fourth-order valence-electron chi connectivity index (χ4n) is 1.77. The quantitative estimate of drug-likeness (QED) is 0.602. The number of hydrogen-bond donors (Lipinski definition) is 2. The molecule has 2 aromatic rings. The van der Waals surface area contributed by atoms with Crippen LogP contribution in [0.15, 0.2) is 24.3 Å². The second-order valence-corrected chi connectivity index (χ2v) is 4.93. The van der Waals surface area contributed by atoms with Crippen LogP contribution in [0.3, 0.4) is 0 Å². The van der Waals surface area contributed by atoms with E-state index in [1.807, 2.05) is 24.3 Å². The molecule has 102 valence electrons. The van der Waals surface area contributed by atoms with E-state index in [0.717, 1.165) is 15.6 Å². The molecule has 0 saturated heterocycles. The predicted molar refractivity (Wildman–Crippen MR) is 73.5 cm³/mol. The second-order valence-electron chi connectivity index (χ2n) is 3.87. The molecule has 0 fully saturated rings. The van der Waals surface area contributed by atoms with Crippen molar-refractivity contribution in [3.63, 3.8) is 0 Å². The van der Waals surface area contributed by atoms with Gasteiger partial charge >= 0.3 is 5.97 Å². The van der Waals surface area contributed by atoms with E-state index in [9.17, 15) is 9.90 Å². The molecule has 1 heterocycles. The zero-order valence-corrected chi connectivity index (χ0v) is 11.3. The largest absolute Gasteiger partial charge is 0.477 e. The molecule has 2 N–H and O–H groups in total. The maximum atomic E-state index is 11.2. The van der Waals surface area contributed by atoms with Crippen LogP contribution in [0.4, 0.5) is 0 Å². The van der Waals surface area contributed by atoms with Crippen LogP contribution in [0.1, 0.15) is 15.2 Å². The Kier molecular flexibility index (Phi) is 4.86. The van der Waals surface area contributed by atoms with Crippen molar-refractivity contribution >= 4 is 27.4 Å². The Hall–Kier alpha value is -1.47. The van der Waals surface area contributed by atoms with Gasteiger partial charge in [-0.2, -0.15) is 5.48 Å². The standard InChI is InChI=1S/C13H15NO4S/c1-17-6-7-18-14-8-10-9-4-2-3-5-11(9)19-12(10)13(15)16/h2-5,14H,6-8H2,1H3,(H,15,16). The number of hydroxylamine groups is 1. The number of methoxy groups -OCH3 is 1. The summed E-state index contributed by atoms with van der Waals surface area (Å²) < 4.78 is 5.82. The highest BCUT2D eigenvalue weighted by Gasteiger charge is 2.16. The number of rotatable bonds is 7. The number of thiophene rings is 1. The third kappa shape index (κ3) is 3.30. The molecule has 0 aliphatic heterocycles. The highest BCUT2D eigenvalue weighted by Crippen LogP contribution is 2.31. The van der Waals surface area contributed by atoms with Crippen molar-refractivity contribution in [2.75, 3.05) is 20.3 Å². The SMILES string of the molecule is COCCONCc1c(C(=O)O)sc2ccccc12. The lowest BCUT2D eigenvalue weighted by Crippen LogP contribution is -2.18. The van der Waals surface area contributed by atoms with E-state index in [0.29, 0.717) is 24.6 Å². The van der Waals surface area contributed by atoms with Crippen molar-refractivity contribution < 1.29 is 19.5 Å². The van der Waals surface area contributed by atoms with E-state index in [4.69, 9.17) is 9.57 Å². The van der Waals surface area contributed by atoms with E-state index >= 15 is 0 Å². The summed E-state index contributed by atoms with van der Waals surface area (Å²) in [7, 11) is 1.60.